The van der Waals surface area contributed by atoms with Crippen molar-refractivity contribution in [1.82, 2.24) is 0 Å². The van der Waals surface area contributed by atoms with E-state index in [1.54, 1.807) is 6.08 Å². The second-order valence-corrected chi connectivity index (χ2v) is 3.20. The van der Waals surface area contributed by atoms with Gasteiger partial charge in [-0.1, -0.05) is 31.8 Å². The fourth-order valence-corrected chi connectivity index (χ4v) is 1.23. The topological polar surface area (TPSA) is 37.3 Å². The number of aliphatic hydroxyl groups excluding tert-OH is 1. The lowest BCUT2D eigenvalue weighted by atomic mass is 10.1. The lowest BCUT2D eigenvalue weighted by Gasteiger charge is -1.98. The number of rotatable bonds is 9. The third-order valence-electron chi connectivity index (χ3n) is 1.99. The maximum atomic E-state index is 9.90. The Morgan fingerprint density at radius 2 is 1.54 bits per heavy atom. The second-order valence-electron chi connectivity index (χ2n) is 3.20. The molecule has 0 aliphatic carbocycles. The van der Waals surface area contributed by atoms with E-state index in [1.165, 1.54) is 25.7 Å². The maximum Gasteiger partial charge on any atom is 0.142 e. The molecule has 0 rings (SSSR count). The molecule has 0 aromatic carbocycles. The lowest BCUT2D eigenvalue weighted by molar-refractivity contribution is -0.104. The van der Waals surface area contributed by atoms with Gasteiger partial charge in [0.2, 0.25) is 0 Å². The van der Waals surface area contributed by atoms with E-state index >= 15 is 0 Å². The Balaban J connectivity index is 2.91. The van der Waals surface area contributed by atoms with Crippen molar-refractivity contribution in [2.45, 2.75) is 44.9 Å². The van der Waals surface area contributed by atoms with Crippen molar-refractivity contribution in [3.05, 3.63) is 12.2 Å². The Morgan fingerprint density at radius 1 is 0.923 bits per heavy atom. The second kappa shape index (κ2) is 11.4. The van der Waals surface area contributed by atoms with Gasteiger partial charge in [0, 0.05) is 6.61 Å². The average molecular weight is 184 g/mol. The summed E-state index contributed by atoms with van der Waals surface area (Å²) in [6.45, 7) is 0.322. The standard InChI is InChI=1S/C11H20O2/c12-10-8-6-4-2-1-3-5-7-9-11-13/h6,8,10,13H,1-5,7,9,11H2/b8-6+. The summed E-state index contributed by atoms with van der Waals surface area (Å²) in [6, 6.07) is 0. The summed E-state index contributed by atoms with van der Waals surface area (Å²) in [5.41, 5.74) is 0. The van der Waals surface area contributed by atoms with Gasteiger partial charge in [0.15, 0.2) is 0 Å². The van der Waals surface area contributed by atoms with Crippen LogP contribution in [0.4, 0.5) is 0 Å². The SMILES string of the molecule is O=C/C=C/CCCCCCCCO. The monoisotopic (exact) mass is 184 g/mol. The number of carbonyl (C=O) groups excluding carboxylic acids is 1. The largest absolute Gasteiger partial charge is 0.396 e. The van der Waals surface area contributed by atoms with Gasteiger partial charge < -0.3 is 5.11 Å². The van der Waals surface area contributed by atoms with E-state index in [9.17, 15) is 4.79 Å². The predicted molar refractivity (Wildman–Crippen MR) is 54.6 cm³/mol. The van der Waals surface area contributed by atoms with Crippen molar-refractivity contribution in [2.24, 2.45) is 0 Å². The Morgan fingerprint density at radius 3 is 2.15 bits per heavy atom. The van der Waals surface area contributed by atoms with E-state index in [4.69, 9.17) is 5.11 Å². The molecule has 0 fully saturated rings. The van der Waals surface area contributed by atoms with Crippen molar-refractivity contribution in [3.8, 4) is 0 Å². The zero-order valence-corrected chi connectivity index (χ0v) is 8.24. The Labute approximate surface area is 80.7 Å². The van der Waals surface area contributed by atoms with E-state index < -0.39 is 0 Å². The molecule has 0 unspecified atom stereocenters. The third-order valence-corrected chi connectivity index (χ3v) is 1.99. The zero-order chi connectivity index (χ0) is 9.78. The molecule has 0 aromatic rings. The molecule has 0 atom stereocenters. The van der Waals surface area contributed by atoms with Crippen LogP contribution >= 0.6 is 0 Å². The molecule has 2 nitrogen and oxygen atoms in total. The number of unbranched alkanes of at least 4 members (excludes halogenated alkanes) is 6. The zero-order valence-electron chi connectivity index (χ0n) is 8.24. The molecule has 76 valence electrons. The minimum atomic E-state index is 0.322. The highest BCUT2D eigenvalue weighted by atomic mass is 16.2. The highest BCUT2D eigenvalue weighted by Gasteiger charge is 1.89. The minimum absolute atomic E-state index is 0.322. The summed E-state index contributed by atoms with van der Waals surface area (Å²) in [7, 11) is 0. The number of aldehydes is 1. The fourth-order valence-electron chi connectivity index (χ4n) is 1.23. The van der Waals surface area contributed by atoms with Crippen LogP contribution in [0, 0.1) is 0 Å². The molecule has 2 heteroatoms. The summed E-state index contributed by atoms with van der Waals surface area (Å²) >= 11 is 0. The summed E-state index contributed by atoms with van der Waals surface area (Å²) in [6.07, 6.45) is 12.3. The van der Waals surface area contributed by atoms with Crippen LogP contribution in [0.5, 0.6) is 0 Å². The van der Waals surface area contributed by atoms with Gasteiger partial charge in [-0.25, -0.2) is 0 Å². The average Bonchev–Trinajstić information content (AvgIpc) is 2.16. The Bertz CT molecular complexity index is 130. The van der Waals surface area contributed by atoms with Crippen molar-refractivity contribution >= 4 is 6.29 Å². The van der Waals surface area contributed by atoms with Crippen LogP contribution < -0.4 is 0 Å². The fraction of sp³-hybridized carbons (Fsp3) is 0.727. The minimum Gasteiger partial charge on any atom is -0.396 e. The number of hydrogen-bond donors (Lipinski definition) is 1. The van der Waals surface area contributed by atoms with Gasteiger partial charge in [-0.15, -0.1) is 0 Å². The summed E-state index contributed by atoms with van der Waals surface area (Å²) in [4.78, 5) is 9.90. The highest BCUT2D eigenvalue weighted by Crippen LogP contribution is 2.06. The Kier molecular flexibility index (Phi) is 10.8. The van der Waals surface area contributed by atoms with Crippen LogP contribution in [0.3, 0.4) is 0 Å². The summed E-state index contributed by atoms with van der Waals surface area (Å²) < 4.78 is 0. The van der Waals surface area contributed by atoms with Gasteiger partial charge in [0.05, 0.1) is 0 Å². The van der Waals surface area contributed by atoms with Crippen molar-refractivity contribution in [2.75, 3.05) is 6.61 Å². The van der Waals surface area contributed by atoms with E-state index in [1.807, 2.05) is 6.08 Å². The van der Waals surface area contributed by atoms with Crippen LogP contribution in [-0.4, -0.2) is 18.0 Å². The third kappa shape index (κ3) is 11.4. The van der Waals surface area contributed by atoms with Crippen molar-refractivity contribution < 1.29 is 9.90 Å². The summed E-state index contributed by atoms with van der Waals surface area (Å²) in [5, 5.41) is 8.52. The first kappa shape index (κ1) is 12.4. The van der Waals surface area contributed by atoms with Crippen LogP contribution in [0.1, 0.15) is 44.9 Å². The lowest BCUT2D eigenvalue weighted by Crippen LogP contribution is -1.83. The molecule has 0 amide bonds. The van der Waals surface area contributed by atoms with E-state index in [2.05, 4.69) is 0 Å². The molecule has 0 spiro atoms. The molecule has 1 N–H and O–H groups in total. The predicted octanol–water partition coefficient (Wildman–Crippen LogP) is 2.46. The molecular formula is C11H20O2. The van der Waals surface area contributed by atoms with Gasteiger partial charge in [0.25, 0.3) is 0 Å². The normalized spacial score (nSPS) is 10.8. The molecule has 0 saturated carbocycles. The van der Waals surface area contributed by atoms with Gasteiger partial charge in [-0.3, -0.25) is 4.79 Å². The number of hydrogen-bond acceptors (Lipinski definition) is 2. The number of carbonyl (C=O) groups is 1. The van der Waals surface area contributed by atoms with Crippen LogP contribution in [0.2, 0.25) is 0 Å². The molecule has 0 heterocycles. The van der Waals surface area contributed by atoms with E-state index in [-0.39, 0.29) is 0 Å². The van der Waals surface area contributed by atoms with Crippen LogP contribution in [-0.2, 0) is 4.79 Å². The maximum absolute atomic E-state index is 9.90. The van der Waals surface area contributed by atoms with Gasteiger partial charge in [-0.2, -0.15) is 0 Å². The number of aliphatic hydroxyl groups is 1. The van der Waals surface area contributed by atoms with Gasteiger partial charge >= 0.3 is 0 Å². The van der Waals surface area contributed by atoms with E-state index in [0.717, 1.165) is 25.5 Å². The van der Waals surface area contributed by atoms with Crippen molar-refractivity contribution in [1.29, 1.82) is 0 Å². The number of allylic oxidation sites excluding steroid dienone is 2. The molecule has 0 aliphatic heterocycles. The smallest absolute Gasteiger partial charge is 0.142 e. The molecule has 0 saturated heterocycles. The quantitative estimate of drug-likeness (QED) is 0.339. The molecule has 13 heavy (non-hydrogen) atoms. The van der Waals surface area contributed by atoms with Gasteiger partial charge in [0.1, 0.15) is 6.29 Å². The first-order chi connectivity index (χ1) is 6.41. The molecular weight excluding hydrogens is 164 g/mol. The molecule has 0 radical (unpaired) electrons. The Hall–Kier alpha value is -0.630. The first-order valence-electron chi connectivity index (χ1n) is 5.13. The molecule has 0 aliphatic rings. The highest BCUT2D eigenvalue weighted by molar-refractivity contribution is 5.64. The molecule has 0 aromatic heterocycles. The van der Waals surface area contributed by atoms with Crippen molar-refractivity contribution in [3.63, 3.8) is 0 Å². The first-order valence-corrected chi connectivity index (χ1v) is 5.13. The van der Waals surface area contributed by atoms with Crippen LogP contribution in [0.15, 0.2) is 12.2 Å². The van der Waals surface area contributed by atoms with Crippen LogP contribution in [0.25, 0.3) is 0 Å². The van der Waals surface area contributed by atoms with Gasteiger partial charge in [-0.05, 0) is 25.3 Å². The summed E-state index contributed by atoms with van der Waals surface area (Å²) in [5.74, 6) is 0. The molecule has 0 bridgehead atoms. The van der Waals surface area contributed by atoms with E-state index in [0.29, 0.717) is 6.61 Å².